The van der Waals surface area contributed by atoms with E-state index in [-0.39, 0.29) is 23.8 Å². The lowest BCUT2D eigenvalue weighted by molar-refractivity contribution is -0.121. The van der Waals surface area contributed by atoms with E-state index >= 15 is 0 Å². The van der Waals surface area contributed by atoms with Crippen LogP contribution in [-0.4, -0.2) is 34.0 Å². The maximum absolute atomic E-state index is 12.2. The van der Waals surface area contributed by atoms with Crippen LogP contribution in [0.5, 0.6) is 5.75 Å². The van der Waals surface area contributed by atoms with Crippen LogP contribution in [0.4, 0.5) is 0 Å². The largest absolute Gasteiger partial charge is 0.492 e. The van der Waals surface area contributed by atoms with Gasteiger partial charge in [-0.2, -0.15) is 0 Å². The number of rotatable bonds is 9. The van der Waals surface area contributed by atoms with Gasteiger partial charge >= 0.3 is 0 Å². The quantitative estimate of drug-likeness (QED) is 0.556. The Labute approximate surface area is 173 Å². The molecule has 0 radical (unpaired) electrons. The Kier molecular flexibility index (Phi) is 7.09. The fourth-order valence-electron chi connectivity index (χ4n) is 3.10. The summed E-state index contributed by atoms with van der Waals surface area (Å²) >= 11 is 3.24. The van der Waals surface area contributed by atoms with E-state index in [2.05, 4.69) is 38.1 Å². The van der Waals surface area contributed by atoms with Crippen LogP contribution >= 0.6 is 15.9 Å². The highest BCUT2D eigenvalue weighted by Gasteiger charge is 2.14. The third kappa shape index (κ3) is 5.80. The van der Waals surface area contributed by atoms with Crippen molar-refractivity contribution in [1.82, 2.24) is 10.0 Å². The van der Waals surface area contributed by atoms with Crippen LogP contribution in [0, 0.1) is 0 Å². The summed E-state index contributed by atoms with van der Waals surface area (Å²) in [6, 6.07) is 12.5. The van der Waals surface area contributed by atoms with Gasteiger partial charge < -0.3 is 10.1 Å². The molecule has 2 aromatic rings. The average molecular weight is 467 g/mol. The van der Waals surface area contributed by atoms with E-state index in [4.69, 9.17) is 4.74 Å². The first-order valence-corrected chi connectivity index (χ1v) is 11.5. The van der Waals surface area contributed by atoms with E-state index in [1.807, 2.05) is 6.07 Å². The fraction of sp³-hybridized carbons (Fsp3) is 0.350. The summed E-state index contributed by atoms with van der Waals surface area (Å²) < 4.78 is 33.1. The van der Waals surface area contributed by atoms with Crippen LogP contribution in [0.15, 0.2) is 51.8 Å². The van der Waals surface area contributed by atoms with E-state index < -0.39 is 10.0 Å². The predicted octanol–water partition coefficient (Wildman–Crippen LogP) is 2.80. The molecule has 8 heteroatoms. The average Bonchev–Trinajstić information content (AvgIpc) is 3.13. The Morgan fingerprint density at radius 2 is 1.89 bits per heavy atom. The molecule has 1 aliphatic rings. The highest BCUT2D eigenvalue weighted by molar-refractivity contribution is 9.10. The van der Waals surface area contributed by atoms with Crippen LogP contribution in [0.1, 0.15) is 24.0 Å². The van der Waals surface area contributed by atoms with E-state index in [1.54, 1.807) is 12.1 Å². The molecule has 6 nitrogen and oxygen atoms in total. The molecule has 0 saturated carbocycles. The molecule has 1 aliphatic carbocycles. The van der Waals surface area contributed by atoms with Gasteiger partial charge in [0.15, 0.2) is 0 Å². The number of aryl methyl sites for hydroxylation is 2. The number of carbonyl (C=O) groups is 1. The van der Waals surface area contributed by atoms with Gasteiger partial charge in [0.1, 0.15) is 12.4 Å². The molecule has 0 heterocycles. The third-order valence-corrected chi connectivity index (χ3v) is 6.47. The summed E-state index contributed by atoms with van der Waals surface area (Å²) in [5.74, 6) is 0.589. The van der Waals surface area contributed by atoms with Gasteiger partial charge in [-0.25, -0.2) is 13.1 Å². The first-order valence-electron chi connectivity index (χ1n) is 9.20. The van der Waals surface area contributed by atoms with Crippen molar-refractivity contribution in [3.63, 3.8) is 0 Å². The Hall–Kier alpha value is -1.90. The van der Waals surface area contributed by atoms with Crippen molar-refractivity contribution in [2.24, 2.45) is 0 Å². The third-order valence-electron chi connectivity index (χ3n) is 4.51. The maximum Gasteiger partial charge on any atom is 0.240 e. The molecule has 1 amide bonds. The molecular formula is C20H23BrN2O4S. The van der Waals surface area contributed by atoms with Crippen molar-refractivity contribution in [1.29, 1.82) is 0 Å². The molecule has 0 aliphatic heterocycles. The smallest absolute Gasteiger partial charge is 0.240 e. The van der Waals surface area contributed by atoms with Gasteiger partial charge in [0.25, 0.3) is 0 Å². The number of fused-ring (bicyclic) bond motifs is 1. The summed E-state index contributed by atoms with van der Waals surface area (Å²) in [7, 11) is -3.63. The zero-order valence-corrected chi connectivity index (χ0v) is 17.8. The monoisotopic (exact) mass is 466 g/mol. The molecule has 0 saturated heterocycles. The minimum atomic E-state index is -3.63. The van der Waals surface area contributed by atoms with Crippen molar-refractivity contribution in [2.75, 3.05) is 19.7 Å². The molecule has 28 heavy (non-hydrogen) atoms. The molecule has 0 unspecified atom stereocenters. The number of amides is 1. The molecule has 0 fully saturated rings. The first kappa shape index (κ1) is 20.8. The van der Waals surface area contributed by atoms with Gasteiger partial charge in [-0.1, -0.05) is 28.1 Å². The Morgan fingerprint density at radius 1 is 1.07 bits per heavy atom. The summed E-state index contributed by atoms with van der Waals surface area (Å²) in [5.41, 5.74) is 2.74. The van der Waals surface area contributed by atoms with E-state index in [9.17, 15) is 13.2 Å². The molecule has 2 N–H and O–H groups in total. The highest BCUT2D eigenvalue weighted by Crippen LogP contribution is 2.25. The molecule has 0 aromatic heterocycles. The number of halogens is 1. The number of nitrogens with one attached hydrogen (secondary N) is 2. The van der Waals surface area contributed by atoms with Crippen molar-refractivity contribution >= 4 is 31.9 Å². The first-order chi connectivity index (χ1) is 13.4. The van der Waals surface area contributed by atoms with E-state index in [1.165, 1.54) is 29.7 Å². The fourth-order valence-corrected chi connectivity index (χ4v) is 4.73. The predicted molar refractivity (Wildman–Crippen MR) is 111 cm³/mol. The maximum atomic E-state index is 12.2. The van der Waals surface area contributed by atoms with Gasteiger partial charge in [0.05, 0.1) is 11.4 Å². The zero-order valence-electron chi connectivity index (χ0n) is 15.4. The molecular weight excluding hydrogens is 444 g/mol. The topological polar surface area (TPSA) is 84.5 Å². The van der Waals surface area contributed by atoms with Gasteiger partial charge in [-0.15, -0.1) is 0 Å². The Morgan fingerprint density at radius 3 is 2.71 bits per heavy atom. The molecule has 2 aromatic carbocycles. The number of sulfonamides is 1. The van der Waals surface area contributed by atoms with Crippen LogP contribution < -0.4 is 14.8 Å². The molecule has 0 atom stereocenters. The van der Waals surface area contributed by atoms with Gasteiger partial charge in [-0.05, 0) is 60.7 Å². The van der Waals surface area contributed by atoms with Crippen LogP contribution in [0.3, 0.4) is 0 Å². The summed E-state index contributed by atoms with van der Waals surface area (Å²) in [6.45, 7) is 0.773. The van der Waals surface area contributed by atoms with Crippen LogP contribution in [0.25, 0.3) is 0 Å². The van der Waals surface area contributed by atoms with Crippen molar-refractivity contribution in [2.45, 2.75) is 30.6 Å². The minimum absolute atomic E-state index is 0.0341. The number of ether oxygens (including phenoxy) is 1. The lowest BCUT2D eigenvalue weighted by Gasteiger charge is -2.10. The molecule has 0 spiro atoms. The molecule has 3 rings (SSSR count). The lowest BCUT2D eigenvalue weighted by Crippen LogP contribution is -2.32. The second-order valence-corrected chi connectivity index (χ2v) is 9.27. The van der Waals surface area contributed by atoms with Crippen molar-refractivity contribution in [3.8, 4) is 5.75 Å². The van der Waals surface area contributed by atoms with Gasteiger partial charge in [0.2, 0.25) is 15.9 Å². The zero-order chi connectivity index (χ0) is 20.0. The standard InChI is InChI=1S/C20H23BrN2O4S/c21-17-5-2-6-19(14-17)28(25,26)23-10-9-20(24)22-11-12-27-18-8-7-15-3-1-4-16(15)13-18/h2,5-8,13-14,23H,1,3-4,9-12H2,(H,22,24). The highest BCUT2D eigenvalue weighted by atomic mass is 79.9. The second-order valence-electron chi connectivity index (χ2n) is 6.59. The van der Waals surface area contributed by atoms with Crippen LogP contribution in [-0.2, 0) is 27.7 Å². The van der Waals surface area contributed by atoms with Gasteiger partial charge in [-0.3, -0.25) is 4.79 Å². The lowest BCUT2D eigenvalue weighted by atomic mass is 10.1. The number of hydrogen-bond acceptors (Lipinski definition) is 4. The SMILES string of the molecule is O=C(CCNS(=O)(=O)c1cccc(Br)c1)NCCOc1ccc2c(c1)CCC2. The van der Waals surface area contributed by atoms with E-state index in [0.29, 0.717) is 17.6 Å². The minimum Gasteiger partial charge on any atom is -0.492 e. The summed E-state index contributed by atoms with van der Waals surface area (Å²) in [5, 5.41) is 2.73. The van der Waals surface area contributed by atoms with Crippen LogP contribution in [0.2, 0.25) is 0 Å². The normalized spacial score (nSPS) is 13.2. The van der Waals surface area contributed by atoms with Crippen molar-refractivity contribution < 1.29 is 17.9 Å². The summed E-state index contributed by atoms with van der Waals surface area (Å²) in [6.07, 6.45) is 3.49. The Bertz CT molecular complexity index is 947. The van der Waals surface area contributed by atoms with Gasteiger partial charge in [0, 0.05) is 17.4 Å². The molecule has 150 valence electrons. The number of carbonyl (C=O) groups excluding carboxylic acids is 1. The van der Waals surface area contributed by atoms with Crippen molar-refractivity contribution in [3.05, 3.63) is 58.1 Å². The number of hydrogen-bond donors (Lipinski definition) is 2. The number of benzene rings is 2. The summed E-state index contributed by atoms with van der Waals surface area (Å²) in [4.78, 5) is 12.0. The second kappa shape index (κ2) is 9.54. The Balaban J connectivity index is 1.34. The van der Waals surface area contributed by atoms with E-state index in [0.717, 1.165) is 18.6 Å². The molecule has 0 bridgehead atoms.